The van der Waals surface area contributed by atoms with Crippen LogP contribution in [0.25, 0.3) is 11.1 Å². The standard InChI is InChI=1S/C14H12FNO/c1-10(17)16-14-8-7-12(9-13(14)15)11-5-3-2-4-6-11/h2-9H,1H3,(H,16,17). The van der Waals surface area contributed by atoms with Crippen molar-refractivity contribution in [3.05, 3.63) is 54.3 Å². The van der Waals surface area contributed by atoms with Gasteiger partial charge in [-0.15, -0.1) is 0 Å². The summed E-state index contributed by atoms with van der Waals surface area (Å²) < 4.78 is 13.7. The Kier molecular flexibility index (Phi) is 3.19. The summed E-state index contributed by atoms with van der Waals surface area (Å²) in [6, 6.07) is 14.3. The van der Waals surface area contributed by atoms with Crippen molar-refractivity contribution in [1.82, 2.24) is 0 Å². The minimum Gasteiger partial charge on any atom is -0.324 e. The Morgan fingerprint density at radius 1 is 1.06 bits per heavy atom. The average Bonchev–Trinajstić information content (AvgIpc) is 2.32. The molecule has 17 heavy (non-hydrogen) atoms. The molecule has 2 aromatic rings. The first-order chi connectivity index (χ1) is 8.16. The van der Waals surface area contributed by atoms with Gasteiger partial charge in [0, 0.05) is 6.92 Å². The van der Waals surface area contributed by atoms with Gasteiger partial charge in [-0.05, 0) is 23.3 Å². The molecule has 1 N–H and O–H groups in total. The van der Waals surface area contributed by atoms with Crippen molar-refractivity contribution in [2.45, 2.75) is 6.92 Å². The lowest BCUT2D eigenvalue weighted by molar-refractivity contribution is -0.114. The highest BCUT2D eigenvalue weighted by Crippen LogP contribution is 2.23. The van der Waals surface area contributed by atoms with E-state index in [4.69, 9.17) is 0 Å². The van der Waals surface area contributed by atoms with Crippen LogP contribution in [0.15, 0.2) is 48.5 Å². The zero-order valence-electron chi connectivity index (χ0n) is 9.41. The Bertz CT molecular complexity index is 537. The topological polar surface area (TPSA) is 29.1 Å². The molecule has 0 aromatic heterocycles. The molecule has 2 nitrogen and oxygen atoms in total. The molecule has 2 rings (SSSR count). The van der Waals surface area contributed by atoms with E-state index < -0.39 is 5.82 Å². The molecule has 86 valence electrons. The molecule has 0 heterocycles. The van der Waals surface area contributed by atoms with Crippen LogP contribution in [0.4, 0.5) is 10.1 Å². The maximum atomic E-state index is 13.7. The summed E-state index contributed by atoms with van der Waals surface area (Å²) in [4.78, 5) is 10.8. The zero-order valence-corrected chi connectivity index (χ0v) is 9.41. The van der Waals surface area contributed by atoms with Gasteiger partial charge in [0.2, 0.25) is 5.91 Å². The van der Waals surface area contributed by atoms with E-state index in [9.17, 15) is 9.18 Å². The fourth-order valence-corrected chi connectivity index (χ4v) is 1.62. The van der Waals surface area contributed by atoms with Crippen LogP contribution in [0.1, 0.15) is 6.92 Å². The predicted molar refractivity (Wildman–Crippen MR) is 66.1 cm³/mol. The highest BCUT2D eigenvalue weighted by atomic mass is 19.1. The summed E-state index contributed by atoms with van der Waals surface area (Å²) in [5.41, 5.74) is 1.94. The molecule has 3 heteroatoms. The van der Waals surface area contributed by atoms with Crippen LogP contribution >= 0.6 is 0 Å². The van der Waals surface area contributed by atoms with Crippen molar-refractivity contribution in [3.63, 3.8) is 0 Å². The summed E-state index contributed by atoms with van der Waals surface area (Å²) in [6.45, 7) is 1.35. The molecule has 0 saturated heterocycles. The van der Waals surface area contributed by atoms with Gasteiger partial charge in [-0.25, -0.2) is 4.39 Å². The molecular weight excluding hydrogens is 217 g/mol. The number of hydrogen-bond acceptors (Lipinski definition) is 1. The second kappa shape index (κ2) is 4.78. The van der Waals surface area contributed by atoms with Gasteiger partial charge >= 0.3 is 0 Å². The highest BCUT2D eigenvalue weighted by molar-refractivity contribution is 5.89. The fraction of sp³-hybridized carbons (Fsp3) is 0.0714. The van der Waals surface area contributed by atoms with Crippen molar-refractivity contribution in [1.29, 1.82) is 0 Å². The van der Waals surface area contributed by atoms with Gasteiger partial charge in [0.05, 0.1) is 5.69 Å². The number of hydrogen-bond donors (Lipinski definition) is 1. The number of halogens is 1. The summed E-state index contributed by atoms with van der Waals surface area (Å²) in [6.07, 6.45) is 0. The maximum absolute atomic E-state index is 13.7. The molecular formula is C14H12FNO. The Hall–Kier alpha value is -2.16. The van der Waals surface area contributed by atoms with Crippen LogP contribution in [-0.4, -0.2) is 5.91 Å². The summed E-state index contributed by atoms with van der Waals surface area (Å²) >= 11 is 0. The smallest absolute Gasteiger partial charge is 0.221 e. The minimum atomic E-state index is -0.429. The van der Waals surface area contributed by atoms with Gasteiger partial charge in [-0.1, -0.05) is 36.4 Å². The summed E-state index contributed by atoms with van der Waals surface area (Å²) in [7, 11) is 0. The van der Waals surface area contributed by atoms with Gasteiger partial charge in [0.1, 0.15) is 5.82 Å². The molecule has 2 aromatic carbocycles. The van der Waals surface area contributed by atoms with Gasteiger partial charge in [0.15, 0.2) is 0 Å². The Morgan fingerprint density at radius 3 is 2.35 bits per heavy atom. The van der Waals surface area contributed by atoms with Gasteiger partial charge in [-0.3, -0.25) is 4.79 Å². The molecule has 0 radical (unpaired) electrons. The monoisotopic (exact) mass is 229 g/mol. The van der Waals surface area contributed by atoms with E-state index in [2.05, 4.69) is 5.32 Å². The van der Waals surface area contributed by atoms with Crippen LogP contribution in [-0.2, 0) is 4.79 Å². The number of rotatable bonds is 2. The molecule has 0 atom stereocenters. The van der Waals surface area contributed by atoms with Crippen LogP contribution in [0.2, 0.25) is 0 Å². The Morgan fingerprint density at radius 2 is 1.76 bits per heavy atom. The third-order valence-electron chi connectivity index (χ3n) is 2.39. The van der Waals surface area contributed by atoms with Crippen molar-refractivity contribution >= 4 is 11.6 Å². The molecule has 1 amide bonds. The third kappa shape index (κ3) is 2.69. The lowest BCUT2D eigenvalue weighted by Crippen LogP contribution is -2.07. The SMILES string of the molecule is CC(=O)Nc1ccc(-c2ccccc2)cc1F. The van der Waals surface area contributed by atoms with Gasteiger partial charge in [-0.2, -0.15) is 0 Å². The number of anilines is 1. The van der Waals surface area contributed by atoms with E-state index in [-0.39, 0.29) is 11.6 Å². The maximum Gasteiger partial charge on any atom is 0.221 e. The number of nitrogens with one attached hydrogen (secondary N) is 1. The largest absolute Gasteiger partial charge is 0.324 e. The van der Waals surface area contributed by atoms with E-state index in [1.54, 1.807) is 12.1 Å². The minimum absolute atomic E-state index is 0.206. The molecule has 0 aliphatic heterocycles. The van der Waals surface area contributed by atoms with Crippen molar-refractivity contribution in [3.8, 4) is 11.1 Å². The molecule has 0 fully saturated rings. The molecule has 0 saturated carbocycles. The highest BCUT2D eigenvalue weighted by Gasteiger charge is 2.05. The zero-order chi connectivity index (χ0) is 12.3. The summed E-state index contributed by atoms with van der Waals surface area (Å²) in [5, 5.41) is 2.44. The first-order valence-corrected chi connectivity index (χ1v) is 5.29. The number of carbonyl (C=O) groups is 1. The van der Waals surface area contributed by atoms with E-state index in [1.807, 2.05) is 30.3 Å². The molecule has 0 aliphatic carbocycles. The Labute approximate surface area is 99.1 Å². The second-order valence-corrected chi connectivity index (χ2v) is 3.74. The van der Waals surface area contributed by atoms with E-state index in [1.165, 1.54) is 13.0 Å². The van der Waals surface area contributed by atoms with Crippen molar-refractivity contribution in [2.75, 3.05) is 5.32 Å². The second-order valence-electron chi connectivity index (χ2n) is 3.74. The normalized spacial score (nSPS) is 10.0. The fourth-order valence-electron chi connectivity index (χ4n) is 1.62. The van der Waals surface area contributed by atoms with Crippen LogP contribution in [0.5, 0.6) is 0 Å². The third-order valence-corrected chi connectivity index (χ3v) is 2.39. The predicted octanol–water partition coefficient (Wildman–Crippen LogP) is 3.45. The molecule has 0 unspecified atom stereocenters. The number of carbonyl (C=O) groups excluding carboxylic acids is 1. The van der Waals surface area contributed by atoms with Crippen LogP contribution < -0.4 is 5.32 Å². The lowest BCUT2D eigenvalue weighted by Gasteiger charge is -2.06. The number of benzene rings is 2. The van der Waals surface area contributed by atoms with Crippen LogP contribution in [0.3, 0.4) is 0 Å². The van der Waals surface area contributed by atoms with Crippen molar-refractivity contribution < 1.29 is 9.18 Å². The van der Waals surface area contributed by atoms with E-state index >= 15 is 0 Å². The van der Waals surface area contributed by atoms with E-state index in [0.717, 1.165) is 11.1 Å². The average molecular weight is 229 g/mol. The quantitative estimate of drug-likeness (QED) is 0.839. The van der Waals surface area contributed by atoms with Crippen molar-refractivity contribution in [2.24, 2.45) is 0 Å². The summed E-state index contributed by atoms with van der Waals surface area (Å²) in [5.74, 6) is -0.710. The Balaban J connectivity index is 2.34. The number of amides is 1. The van der Waals surface area contributed by atoms with Gasteiger partial charge in [0.25, 0.3) is 0 Å². The molecule has 0 bridgehead atoms. The van der Waals surface area contributed by atoms with E-state index in [0.29, 0.717) is 0 Å². The van der Waals surface area contributed by atoms with Gasteiger partial charge < -0.3 is 5.32 Å². The lowest BCUT2D eigenvalue weighted by atomic mass is 10.1. The first kappa shape index (κ1) is 11.3. The molecule has 0 spiro atoms. The first-order valence-electron chi connectivity index (χ1n) is 5.29. The molecule has 0 aliphatic rings. The van der Waals surface area contributed by atoms with Crippen LogP contribution in [0, 0.1) is 5.82 Å².